The van der Waals surface area contributed by atoms with Crippen LogP contribution in [0.25, 0.3) is 11.0 Å². The smallest absolute Gasteiger partial charge is 0.290 e. The van der Waals surface area contributed by atoms with Gasteiger partial charge < -0.3 is 23.5 Å². The SMILES string of the molecule is CCOc1cc(C2c3c(oc4cc(C)cc(C)c4c3=O)C(=O)N2CCCOC(C)C)ccc1OCCC(C)C. The normalized spacial score (nSPS) is 15.1. The second-order valence-electron chi connectivity index (χ2n) is 11.0. The molecule has 1 aliphatic heterocycles. The molecule has 39 heavy (non-hydrogen) atoms. The van der Waals surface area contributed by atoms with E-state index in [2.05, 4.69) is 13.8 Å². The monoisotopic (exact) mass is 535 g/mol. The summed E-state index contributed by atoms with van der Waals surface area (Å²) in [5.74, 6) is 1.60. The number of benzene rings is 2. The number of carbonyl (C=O) groups is 1. The van der Waals surface area contributed by atoms with Gasteiger partial charge >= 0.3 is 0 Å². The van der Waals surface area contributed by atoms with Crippen LogP contribution in [0.2, 0.25) is 0 Å². The fourth-order valence-electron chi connectivity index (χ4n) is 5.13. The predicted octanol–water partition coefficient (Wildman–Crippen LogP) is 6.59. The molecule has 1 atom stereocenters. The number of hydrogen-bond donors (Lipinski definition) is 0. The Bertz CT molecular complexity index is 1390. The van der Waals surface area contributed by atoms with E-state index in [4.69, 9.17) is 18.6 Å². The Morgan fingerprint density at radius 2 is 1.74 bits per heavy atom. The van der Waals surface area contributed by atoms with E-state index in [0.29, 0.717) is 66.7 Å². The molecule has 0 radical (unpaired) electrons. The molecule has 0 saturated heterocycles. The summed E-state index contributed by atoms with van der Waals surface area (Å²) in [4.78, 5) is 29.5. The Kier molecular flexibility index (Phi) is 9.01. The summed E-state index contributed by atoms with van der Waals surface area (Å²) in [6.45, 7) is 16.0. The molecule has 2 heterocycles. The Hall–Kier alpha value is -3.32. The first-order valence-electron chi connectivity index (χ1n) is 14.0. The molecule has 0 bridgehead atoms. The van der Waals surface area contributed by atoms with Gasteiger partial charge in [-0.1, -0.05) is 26.0 Å². The van der Waals surface area contributed by atoms with Gasteiger partial charge in [0.15, 0.2) is 16.9 Å². The molecule has 0 fully saturated rings. The van der Waals surface area contributed by atoms with E-state index in [-0.39, 0.29) is 23.2 Å². The van der Waals surface area contributed by atoms with E-state index in [9.17, 15) is 9.59 Å². The summed E-state index contributed by atoms with van der Waals surface area (Å²) in [6, 6.07) is 8.88. The fraction of sp³-hybridized carbons (Fsp3) is 0.500. The van der Waals surface area contributed by atoms with Crippen molar-refractivity contribution in [3.63, 3.8) is 0 Å². The average Bonchev–Trinajstić information content (AvgIpc) is 3.13. The molecule has 1 aromatic heterocycles. The molecule has 7 heteroatoms. The first-order valence-corrected chi connectivity index (χ1v) is 14.0. The number of aryl methyl sites for hydroxylation is 2. The zero-order valence-electron chi connectivity index (χ0n) is 24.3. The van der Waals surface area contributed by atoms with Crippen LogP contribution in [-0.4, -0.2) is 43.3 Å². The minimum Gasteiger partial charge on any atom is -0.490 e. The molecule has 1 aliphatic rings. The highest BCUT2D eigenvalue weighted by atomic mass is 16.5. The molecule has 7 nitrogen and oxygen atoms in total. The second-order valence-corrected chi connectivity index (χ2v) is 11.0. The summed E-state index contributed by atoms with van der Waals surface area (Å²) >= 11 is 0. The quantitative estimate of drug-likeness (QED) is 0.243. The highest BCUT2D eigenvalue weighted by molar-refractivity contribution is 5.99. The van der Waals surface area contributed by atoms with Crippen molar-refractivity contribution in [1.29, 1.82) is 0 Å². The van der Waals surface area contributed by atoms with Crippen LogP contribution < -0.4 is 14.9 Å². The van der Waals surface area contributed by atoms with Gasteiger partial charge in [0.1, 0.15) is 5.58 Å². The summed E-state index contributed by atoms with van der Waals surface area (Å²) in [5, 5.41) is 0.515. The maximum absolute atomic E-state index is 14.0. The van der Waals surface area contributed by atoms with Gasteiger partial charge in [0, 0.05) is 13.2 Å². The Morgan fingerprint density at radius 1 is 0.974 bits per heavy atom. The lowest BCUT2D eigenvalue weighted by atomic mass is 9.96. The number of rotatable bonds is 12. The molecule has 0 aliphatic carbocycles. The molecular weight excluding hydrogens is 494 g/mol. The topological polar surface area (TPSA) is 78.2 Å². The van der Waals surface area contributed by atoms with Crippen LogP contribution in [0.5, 0.6) is 11.5 Å². The third kappa shape index (κ3) is 6.14. The van der Waals surface area contributed by atoms with E-state index in [0.717, 1.165) is 23.1 Å². The van der Waals surface area contributed by atoms with Gasteiger partial charge in [-0.2, -0.15) is 0 Å². The Balaban J connectivity index is 1.81. The minimum absolute atomic E-state index is 0.101. The van der Waals surface area contributed by atoms with Crippen molar-refractivity contribution in [2.24, 2.45) is 5.92 Å². The third-order valence-corrected chi connectivity index (χ3v) is 6.94. The lowest BCUT2D eigenvalue weighted by Gasteiger charge is -2.26. The molecule has 0 spiro atoms. The van der Waals surface area contributed by atoms with Gasteiger partial charge in [0.25, 0.3) is 5.91 Å². The first kappa shape index (κ1) is 28.7. The standard InChI is InChI=1S/C32H41NO6/c1-8-36-25-18-23(10-11-24(25)38-15-12-19(2)3)29-28-30(34)27-22(7)16-21(6)17-26(27)39-31(28)32(35)33(29)13-9-14-37-20(4)5/h10-11,16-20,29H,8-9,12-15H2,1-7H3. The molecule has 4 rings (SSSR count). The van der Waals surface area contributed by atoms with E-state index in [1.54, 1.807) is 4.90 Å². The fourth-order valence-corrected chi connectivity index (χ4v) is 5.13. The Labute approximate surface area is 231 Å². The van der Waals surface area contributed by atoms with Gasteiger partial charge in [0.05, 0.1) is 36.3 Å². The van der Waals surface area contributed by atoms with Crippen LogP contribution >= 0.6 is 0 Å². The van der Waals surface area contributed by atoms with Crippen LogP contribution in [0, 0.1) is 19.8 Å². The van der Waals surface area contributed by atoms with Crippen molar-refractivity contribution in [3.8, 4) is 11.5 Å². The molecule has 210 valence electrons. The van der Waals surface area contributed by atoms with Gasteiger partial charge in [-0.05, 0) is 88.3 Å². The highest BCUT2D eigenvalue weighted by Crippen LogP contribution is 2.41. The number of hydrogen-bond acceptors (Lipinski definition) is 6. The van der Waals surface area contributed by atoms with Crippen molar-refractivity contribution in [2.45, 2.75) is 73.5 Å². The minimum atomic E-state index is -0.600. The molecular formula is C32H41NO6. The molecule has 1 unspecified atom stereocenters. The van der Waals surface area contributed by atoms with E-state index < -0.39 is 6.04 Å². The largest absolute Gasteiger partial charge is 0.490 e. The molecule has 3 aromatic rings. The lowest BCUT2D eigenvalue weighted by molar-refractivity contribution is 0.0593. The van der Waals surface area contributed by atoms with Gasteiger partial charge in [-0.3, -0.25) is 9.59 Å². The Morgan fingerprint density at radius 3 is 2.44 bits per heavy atom. The number of fused-ring (bicyclic) bond motifs is 2. The van der Waals surface area contributed by atoms with E-state index in [1.165, 1.54) is 0 Å². The van der Waals surface area contributed by atoms with Crippen LogP contribution in [0.1, 0.15) is 86.3 Å². The van der Waals surface area contributed by atoms with E-state index >= 15 is 0 Å². The van der Waals surface area contributed by atoms with Crippen molar-refractivity contribution in [1.82, 2.24) is 4.90 Å². The van der Waals surface area contributed by atoms with Crippen LogP contribution in [-0.2, 0) is 4.74 Å². The summed E-state index contributed by atoms with van der Waals surface area (Å²) in [5.41, 5.74) is 3.24. The lowest BCUT2D eigenvalue weighted by Crippen LogP contribution is -2.31. The highest BCUT2D eigenvalue weighted by Gasteiger charge is 2.43. The summed E-state index contributed by atoms with van der Waals surface area (Å²) in [7, 11) is 0. The van der Waals surface area contributed by atoms with Crippen molar-refractivity contribution < 1.29 is 23.4 Å². The number of amides is 1. The van der Waals surface area contributed by atoms with Gasteiger partial charge in [-0.25, -0.2) is 0 Å². The van der Waals surface area contributed by atoms with Crippen LogP contribution in [0.4, 0.5) is 0 Å². The van der Waals surface area contributed by atoms with E-state index in [1.807, 2.05) is 65.0 Å². The van der Waals surface area contributed by atoms with Crippen molar-refractivity contribution >= 4 is 16.9 Å². The molecule has 2 aromatic carbocycles. The number of ether oxygens (including phenoxy) is 3. The third-order valence-electron chi connectivity index (χ3n) is 6.94. The van der Waals surface area contributed by atoms with Crippen LogP contribution in [0.15, 0.2) is 39.5 Å². The zero-order chi connectivity index (χ0) is 28.3. The van der Waals surface area contributed by atoms with Gasteiger partial charge in [0.2, 0.25) is 5.76 Å². The van der Waals surface area contributed by atoms with Crippen LogP contribution in [0.3, 0.4) is 0 Å². The molecule has 0 N–H and O–H groups in total. The molecule has 0 saturated carbocycles. The first-order chi connectivity index (χ1) is 18.6. The summed E-state index contributed by atoms with van der Waals surface area (Å²) < 4.78 is 23.9. The van der Waals surface area contributed by atoms with Crippen molar-refractivity contribution in [3.05, 3.63) is 68.6 Å². The molecule has 1 amide bonds. The maximum Gasteiger partial charge on any atom is 0.290 e. The average molecular weight is 536 g/mol. The number of carbonyl (C=O) groups excluding carboxylic acids is 1. The number of nitrogens with zero attached hydrogens (tertiary/aromatic N) is 1. The summed E-state index contributed by atoms with van der Waals surface area (Å²) in [6.07, 6.45) is 1.66. The van der Waals surface area contributed by atoms with Gasteiger partial charge in [-0.15, -0.1) is 0 Å². The second kappa shape index (κ2) is 12.2. The zero-order valence-corrected chi connectivity index (χ0v) is 24.3. The van der Waals surface area contributed by atoms with Crippen molar-refractivity contribution in [2.75, 3.05) is 26.4 Å². The maximum atomic E-state index is 14.0. The predicted molar refractivity (Wildman–Crippen MR) is 153 cm³/mol.